The van der Waals surface area contributed by atoms with Gasteiger partial charge < -0.3 is 23.9 Å². The van der Waals surface area contributed by atoms with E-state index in [1.807, 2.05) is 48.0 Å². The summed E-state index contributed by atoms with van der Waals surface area (Å²) in [6, 6.07) is 15.0. The highest BCUT2D eigenvalue weighted by molar-refractivity contribution is 7.99. The number of aryl methyl sites for hydroxylation is 1. The maximum atomic E-state index is 11.8. The first-order valence-electron chi connectivity index (χ1n) is 11.2. The van der Waals surface area contributed by atoms with Crippen LogP contribution in [-0.4, -0.2) is 44.4 Å². The SMILES string of the molecule is C=CCOC(=O)Nc1ccc([C@@H]2O[C@H](CSc3nncn3C)C[C@H](c3ccc(CO)cc3)O2)cc1. The zero-order valence-corrected chi connectivity index (χ0v) is 20.2. The lowest BCUT2D eigenvalue weighted by molar-refractivity contribution is -0.245. The molecular weight excluding hydrogens is 468 g/mol. The van der Waals surface area contributed by atoms with Gasteiger partial charge >= 0.3 is 6.09 Å². The highest BCUT2D eigenvalue weighted by atomic mass is 32.2. The van der Waals surface area contributed by atoms with Gasteiger partial charge in [0.1, 0.15) is 12.9 Å². The first kappa shape index (κ1) is 24.9. The van der Waals surface area contributed by atoms with E-state index in [0.717, 1.165) is 21.8 Å². The summed E-state index contributed by atoms with van der Waals surface area (Å²) in [7, 11) is 1.91. The Hall–Kier alpha value is -3.18. The lowest BCUT2D eigenvalue weighted by Crippen LogP contribution is -2.31. The molecule has 1 amide bonds. The summed E-state index contributed by atoms with van der Waals surface area (Å²) in [5, 5.41) is 20.9. The molecule has 0 spiro atoms. The highest BCUT2D eigenvalue weighted by Gasteiger charge is 2.32. The van der Waals surface area contributed by atoms with Gasteiger partial charge in [-0.2, -0.15) is 0 Å². The molecule has 1 fully saturated rings. The number of aliphatic hydroxyl groups excluding tert-OH is 1. The van der Waals surface area contributed by atoms with Crippen molar-refractivity contribution in [1.82, 2.24) is 14.8 Å². The summed E-state index contributed by atoms with van der Waals surface area (Å²) in [4.78, 5) is 11.8. The zero-order valence-electron chi connectivity index (χ0n) is 19.4. The lowest BCUT2D eigenvalue weighted by atomic mass is 10.0. The van der Waals surface area contributed by atoms with Gasteiger partial charge in [-0.15, -0.1) is 10.2 Å². The number of hydrogen-bond donors (Lipinski definition) is 2. The topological polar surface area (TPSA) is 108 Å². The molecule has 35 heavy (non-hydrogen) atoms. The molecule has 2 aromatic carbocycles. The number of benzene rings is 2. The Morgan fingerprint density at radius 1 is 1.23 bits per heavy atom. The Bertz CT molecular complexity index is 1120. The second-order valence-electron chi connectivity index (χ2n) is 8.02. The van der Waals surface area contributed by atoms with Crippen molar-refractivity contribution < 1.29 is 24.1 Å². The van der Waals surface area contributed by atoms with Crippen molar-refractivity contribution in [2.75, 3.05) is 17.7 Å². The third kappa shape index (κ3) is 6.70. The fraction of sp³-hybridized carbons (Fsp3) is 0.320. The number of aromatic nitrogens is 3. The van der Waals surface area contributed by atoms with E-state index in [0.29, 0.717) is 17.9 Å². The first-order chi connectivity index (χ1) is 17.1. The molecule has 2 N–H and O–H groups in total. The van der Waals surface area contributed by atoms with E-state index < -0.39 is 12.4 Å². The maximum Gasteiger partial charge on any atom is 0.411 e. The van der Waals surface area contributed by atoms with Crippen molar-refractivity contribution >= 4 is 23.5 Å². The summed E-state index contributed by atoms with van der Waals surface area (Å²) in [5.41, 5.74) is 3.30. The summed E-state index contributed by atoms with van der Waals surface area (Å²) in [6.45, 7) is 3.66. The first-order valence-corrected chi connectivity index (χ1v) is 12.2. The van der Waals surface area contributed by atoms with Gasteiger partial charge in [-0.3, -0.25) is 5.32 Å². The van der Waals surface area contributed by atoms with Crippen molar-refractivity contribution in [2.24, 2.45) is 7.05 Å². The number of aliphatic hydroxyl groups is 1. The Kier molecular flexibility index (Phi) is 8.54. The molecule has 0 aliphatic carbocycles. The van der Waals surface area contributed by atoms with E-state index in [4.69, 9.17) is 14.2 Å². The van der Waals surface area contributed by atoms with Crippen molar-refractivity contribution in [2.45, 2.75) is 36.7 Å². The van der Waals surface area contributed by atoms with Crippen LogP contribution in [0, 0.1) is 0 Å². The number of anilines is 1. The number of thioether (sulfide) groups is 1. The third-order valence-corrected chi connectivity index (χ3v) is 6.61. The van der Waals surface area contributed by atoms with Crippen LogP contribution in [0.4, 0.5) is 10.5 Å². The molecule has 1 aromatic heterocycles. The second kappa shape index (κ2) is 12.0. The third-order valence-electron chi connectivity index (χ3n) is 5.44. The van der Waals surface area contributed by atoms with Gasteiger partial charge in [0, 0.05) is 30.5 Å². The molecule has 3 aromatic rings. The normalized spacial score (nSPS) is 19.8. The van der Waals surface area contributed by atoms with Crippen LogP contribution in [0.3, 0.4) is 0 Å². The van der Waals surface area contributed by atoms with Crippen LogP contribution in [0.5, 0.6) is 0 Å². The molecule has 184 valence electrons. The molecular formula is C25H28N4O5S. The quantitative estimate of drug-likeness (QED) is 0.332. The van der Waals surface area contributed by atoms with Crippen LogP contribution in [-0.2, 0) is 27.9 Å². The van der Waals surface area contributed by atoms with Gasteiger partial charge in [-0.25, -0.2) is 4.79 Å². The summed E-state index contributed by atoms with van der Waals surface area (Å²) < 4.78 is 19.5. The van der Waals surface area contributed by atoms with Gasteiger partial charge in [0.05, 0.1) is 18.8 Å². The minimum absolute atomic E-state index is 0.00395. The molecule has 0 saturated carbocycles. The molecule has 1 aliphatic heterocycles. The molecule has 9 nitrogen and oxygen atoms in total. The van der Waals surface area contributed by atoms with Crippen molar-refractivity contribution in [3.63, 3.8) is 0 Å². The summed E-state index contributed by atoms with van der Waals surface area (Å²) in [6.07, 6.45) is 2.45. The number of carbonyl (C=O) groups is 1. The van der Waals surface area contributed by atoms with Gasteiger partial charge in [0.25, 0.3) is 0 Å². The van der Waals surface area contributed by atoms with Crippen molar-refractivity contribution in [1.29, 1.82) is 0 Å². The minimum Gasteiger partial charge on any atom is -0.445 e. The molecule has 0 radical (unpaired) electrons. The van der Waals surface area contributed by atoms with Gasteiger partial charge in [-0.05, 0) is 23.3 Å². The Morgan fingerprint density at radius 2 is 1.97 bits per heavy atom. The number of carbonyl (C=O) groups excluding carboxylic acids is 1. The Balaban J connectivity index is 1.48. The number of nitrogens with zero attached hydrogens (tertiary/aromatic N) is 3. The van der Waals surface area contributed by atoms with E-state index in [1.54, 1.807) is 30.2 Å². The summed E-state index contributed by atoms with van der Waals surface area (Å²) >= 11 is 1.58. The summed E-state index contributed by atoms with van der Waals surface area (Å²) in [5.74, 6) is 0.687. The number of rotatable bonds is 9. The van der Waals surface area contributed by atoms with E-state index in [2.05, 4.69) is 22.1 Å². The number of amides is 1. The van der Waals surface area contributed by atoms with Gasteiger partial charge in [-0.1, -0.05) is 60.8 Å². The van der Waals surface area contributed by atoms with E-state index in [-0.39, 0.29) is 25.4 Å². The predicted octanol–water partition coefficient (Wildman–Crippen LogP) is 4.38. The average molecular weight is 497 g/mol. The molecule has 2 heterocycles. The lowest BCUT2D eigenvalue weighted by Gasteiger charge is -2.36. The molecule has 0 bridgehead atoms. The average Bonchev–Trinajstić information content (AvgIpc) is 3.31. The number of hydrogen-bond acceptors (Lipinski definition) is 8. The predicted molar refractivity (Wildman–Crippen MR) is 132 cm³/mol. The monoisotopic (exact) mass is 496 g/mol. The largest absolute Gasteiger partial charge is 0.445 e. The minimum atomic E-state index is -0.585. The van der Waals surface area contributed by atoms with Crippen LogP contribution in [0.2, 0.25) is 0 Å². The molecule has 3 atom stereocenters. The second-order valence-corrected chi connectivity index (χ2v) is 9.01. The van der Waals surface area contributed by atoms with E-state index in [1.165, 1.54) is 6.08 Å². The molecule has 10 heteroatoms. The maximum absolute atomic E-state index is 11.8. The Morgan fingerprint density at radius 3 is 2.63 bits per heavy atom. The number of nitrogens with one attached hydrogen (secondary N) is 1. The molecule has 1 aliphatic rings. The fourth-order valence-electron chi connectivity index (χ4n) is 3.61. The molecule has 4 rings (SSSR count). The van der Waals surface area contributed by atoms with Crippen LogP contribution in [0.25, 0.3) is 0 Å². The van der Waals surface area contributed by atoms with Crippen LogP contribution < -0.4 is 5.32 Å². The van der Waals surface area contributed by atoms with Crippen LogP contribution in [0.1, 0.15) is 35.5 Å². The van der Waals surface area contributed by atoms with Crippen LogP contribution in [0.15, 0.2) is 72.7 Å². The fourth-order valence-corrected chi connectivity index (χ4v) is 4.51. The molecule has 0 unspecified atom stereocenters. The Labute approximate surface area is 208 Å². The zero-order chi connectivity index (χ0) is 24.6. The van der Waals surface area contributed by atoms with Gasteiger partial charge in [0.2, 0.25) is 0 Å². The number of ether oxygens (including phenoxy) is 3. The van der Waals surface area contributed by atoms with Crippen molar-refractivity contribution in [3.05, 3.63) is 84.2 Å². The van der Waals surface area contributed by atoms with E-state index in [9.17, 15) is 9.90 Å². The van der Waals surface area contributed by atoms with Crippen molar-refractivity contribution in [3.8, 4) is 0 Å². The van der Waals surface area contributed by atoms with E-state index >= 15 is 0 Å². The standard InChI is InChI=1S/C25H28N4O5S/c1-3-12-32-25(31)27-20-10-8-19(9-11-20)23-33-21(15-35-24-28-26-16-29(24)2)13-22(34-23)18-6-4-17(14-30)5-7-18/h3-11,16,21-23,30H,1,12-15H2,2H3,(H,27,31)/t21-,22+,23+/m0/s1. The smallest absolute Gasteiger partial charge is 0.411 e. The highest BCUT2D eigenvalue weighted by Crippen LogP contribution is 2.39. The van der Waals surface area contributed by atoms with Gasteiger partial charge in [0.15, 0.2) is 11.4 Å². The van der Waals surface area contributed by atoms with Crippen LogP contribution >= 0.6 is 11.8 Å². The molecule has 1 saturated heterocycles.